The molecule has 1 aromatic heterocycles. The van der Waals surface area contributed by atoms with Crippen molar-refractivity contribution in [1.29, 1.82) is 0 Å². The van der Waals surface area contributed by atoms with Gasteiger partial charge < -0.3 is 5.32 Å². The summed E-state index contributed by atoms with van der Waals surface area (Å²) in [5.74, 6) is -0.233. The molecule has 0 aliphatic heterocycles. The fourth-order valence-corrected chi connectivity index (χ4v) is 3.72. The molecule has 7 heteroatoms. The van der Waals surface area contributed by atoms with E-state index in [1.165, 1.54) is 12.1 Å². The molecule has 0 fully saturated rings. The molecule has 0 bridgehead atoms. The molecule has 0 unspecified atom stereocenters. The quantitative estimate of drug-likeness (QED) is 0.353. The van der Waals surface area contributed by atoms with Crippen LogP contribution in [0.2, 0.25) is 0 Å². The first-order valence-corrected chi connectivity index (χ1v) is 10.2. The molecular formula is C24H16BrF3N2O. The van der Waals surface area contributed by atoms with Gasteiger partial charge in [0.2, 0.25) is 0 Å². The van der Waals surface area contributed by atoms with E-state index in [2.05, 4.69) is 26.2 Å². The Labute approximate surface area is 185 Å². The van der Waals surface area contributed by atoms with Crippen LogP contribution in [0.5, 0.6) is 0 Å². The number of fused-ring (bicyclic) bond motifs is 1. The Morgan fingerprint density at radius 2 is 1.74 bits per heavy atom. The zero-order valence-corrected chi connectivity index (χ0v) is 17.7. The van der Waals surface area contributed by atoms with E-state index in [0.29, 0.717) is 17.7 Å². The smallest absolute Gasteiger partial charge is 0.346 e. The van der Waals surface area contributed by atoms with Crippen molar-refractivity contribution in [1.82, 2.24) is 10.3 Å². The van der Waals surface area contributed by atoms with Crippen molar-refractivity contribution >= 4 is 32.6 Å². The van der Waals surface area contributed by atoms with Gasteiger partial charge in [0.25, 0.3) is 5.91 Å². The van der Waals surface area contributed by atoms with Crippen LogP contribution in [0.3, 0.4) is 0 Å². The fraction of sp³-hybridized carbons (Fsp3) is 0.0833. The summed E-state index contributed by atoms with van der Waals surface area (Å²) in [5, 5.41) is 4.52. The van der Waals surface area contributed by atoms with Gasteiger partial charge in [0.15, 0.2) is 0 Å². The van der Waals surface area contributed by atoms with E-state index >= 15 is 0 Å². The molecule has 4 aromatic rings. The van der Waals surface area contributed by atoms with Crippen molar-refractivity contribution < 1.29 is 18.0 Å². The molecule has 0 saturated heterocycles. The average molecular weight is 485 g/mol. The summed E-state index contributed by atoms with van der Waals surface area (Å²) >= 11 is 3.37. The number of benzene rings is 3. The molecule has 0 atom stereocenters. The van der Waals surface area contributed by atoms with Crippen molar-refractivity contribution in [3.63, 3.8) is 0 Å². The summed E-state index contributed by atoms with van der Waals surface area (Å²) in [5.41, 5.74) is 2.02. The first-order chi connectivity index (χ1) is 14.8. The lowest BCUT2D eigenvalue weighted by Gasteiger charge is -2.11. The number of nitrogens with one attached hydrogen (secondary N) is 1. The number of hydrogen-bond donors (Lipinski definition) is 1. The van der Waals surface area contributed by atoms with Gasteiger partial charge in [-0.15, -0.1) is 0 Å². The number of halogens is 4. The van der Waals surface area contributed by atoms with E-state index in [0.717, 1.165) is 38.6 Å². The molecule has 1 N–H and O–H groups in total. The number of nitrogens with zero attached hydrogens (tertiary/aromatic N) is 1. The minimum absolute atomic E-state index is 0.233. The topological polar surface area (TPSA) is 42.0 Å². The lowest BCUT2D eigenvalue weighted by Crippen LogP contribution is -2.23. The predicted molar refractivity (Wildman–Crippen MR) is 117 cm³/mol. The normalized spacial score (nSPS) is 11.5. The van der Waals surface area contributed by atoms with E-state index in [9.17, 15) is 18.0 Å². The van der Waals surface area contributed by atoms with Crippen LogP contribution in [-0.2, 0) is 12.7 Å². The van der Waals surface area contributed by atoms with Gasteiger partial charge in [-0.1, -0.05) is 52.3 Å². The van der Waals surface area contributed by atoms with Crippen molar-refractivity contribution in [2.75, 3.05) is 0 Å². The van der Waals surface area contributed by atoms with Crippen LogP contribution >= 0.6 is 15.9 Å². The molecule has 3 nitrogen and oxygen atoms in total. The van der Waals surface area contributed by atoms with Gasteiger partial charge in [0.05, 0.1) is 17.8 Å². The number of pyridine rings is 1. The number of carbonyl (C=O) groups is 1. The van der Waals surface area contributed by atoms with Crippen molar-refractivity contribution in [2.45, 2.75) is 12.7 Å². The summed E-state index contributed by atoms with van der Waals surface area (Å²) in [7, 11) is 0. The average Bonchev–Trinajstić information content (AvgIpc) is 2.76. The third-order valence-corrected chi connectivity index (χ3v) is 5.37. The Morgan fingerprint density at radius 3 is 2.45 bits per heavy atom. The second kappa shape index (κ2) is 8.51. The maximum absolute atomic E-state index is 12.8. The zero-order valence-electron chi connectivity index (χ0n) is 16.1. The monoisotopic (exact) mass is 484 g/mol. The van der Waals surface area contributed by atoms with E-state index in [-0.39, 0.29) is 5.91 Å². The molecule has 0 spiro atoms. The highest BCUT2D eigenvalue weighted by Crippen LogP contribution is 2.33. The molecule has 0 aliphatic carbocycles. The number of hydrogen-bond acceptors (Lipinski definition) is 2. The van der Waals surface area contributed by atoms with Crippen LogP contribution < -0.4 is 5.32 Å². The lowest BCUT2D eigenvalue weighted by molar-refractivity contribution is -0.137. The molecule has 1 heterocycles. The first kappa shape index (κ1) is 21.1. The molecular weight excluding hydrogens is 469 g/mol. The minimum Gasteiger partial charge on any atom is -0.346 e. The Morgan fingerprint density at radius 1 is 0.968 bits per heavy atom. The highest BCUT2D eigenvalue weighted by Gasteiger charge is 2.30. The van der Waals surface area contributed by atoms with Crippen LogP contribution in [0, 0.1) is 0 Å². The minimum atomic E-state index is -4.37. The van der Waals surface area contributed by atoms with Crippen molar-refractivity contribution in [3.05, 3.63) is 100 Å². The second-order valence-corrected chi connectivity index (χ2v) is 7.88. The van der Waals surface area contributed by atoms with Crippen LogP contribution in [0.4, 0.5) is 13.2 Å². The largest absolute Gasteiger partial charge is 0.416 e. The Kier molecular flexibility index (Phi) is 5.78. The predicted octanol–water partition coefficient (Wildman–Crippen LogP) is 6.61. The molecule has 31 heavy (non-hydrogen) atoms. The summed E-state index contributed by atoms with van der Waals surface area (Å²) in [4.78, 5) is 16.8. The van der Waals surface area contributed by atoms with Gasteiger partial charge in [-0.05, 0) is 58.3 Å². The molecule has 0 saturated carbocycles. The molecule has 0 radical (unpaired) electrons. The van der Waals surface area contributed by atoms with Gasteiger partial charge in [0, 0.05) is 16.2 Å². The Balaban J connectivity index is 1.58. The molecule has 4 rings (SSSR count). The van der Waals surface area contributed by atoms with E-state index in [1.54, 1.807) is 18.3 Å². The maximum Gasteiger partial charge on any atom is 0.416 e. The third-order valence-electron chi connectivity index (χ3n) is 4.87. The molecule has 0 aliphatic rings. The standard InChI is InChI=1S/C24H16BrF3N2O/c25-19-10-11-29-20(13-19)14-30-23(31)17-6-9-22-16(12-17)2-1-3-21(22)15-4-7-18(8-5-15)24(26,27)28/h1-13H,14H2,(H,30,31). The van der Waals surface area contributed by atoms with Crippen molar-refractivity contribution in [2.24, 2.45) is 0 Å². The van der Waals surface area contributed by atoms with Crippen LogP contribution in [-0.4, -0.2) is 10.9 Å². The highest BCUT2D eigenvalue weighted by atomic mass is 79.9. The Bertz CT molecular complexity index is 1250. The number of carbonyl (C=O) groups excluding carboxylic acids is 1. The van der Waals surface area contributed by atoms with Gasteiger partial charge in [-0.3, -0.25) is 9.78 Å². The number of amides is 1. The SMILES string of the molecule is O=C(NCc1cc(Br)ccn1)c1ccc2c(-c3ccc(C(F)(F)F)cc3)cccc2c1. The molecule has 1 amide bonds. The van der Waals surface area contributed by atoms with Crippen LogP contribution in [0.25, 0.3) is 21.9 Å². The van der Waals surface area contributed by atoms with E-state index in [4.69, 9.17) is 0 Å². The van der Waals surface area contributed by atoms with Crippen molar-refractivity contribution in [3.8, 4) is 11.1 Å². The van der Waals surface area contributed by atoms with Gasteiger partial charge in [0.1, 0.15) is 0 Å². The Hall–Kier alpha value is -3.19. The van der Waals surface area contributed by atoms with Gasteiger partial charge in [-0.25, -0.2) is 0 Å². The summed E-state index contributed by atoms with van der Waals surface area (Å²) in [6.07, 6.45) is -2.71. The van der Waals surface area contributed by atoms with E-state index < -0.39 is 11.7 Å². The summed E-state index contributed by atoms with van der Waals surface area (Å²) in [6, 6.07) is 19.5. The zero-order chi connectivity index (χ0) is 22.0. The van der Waals surface area contributed by atoms with Gasteiger partial charge >= 0.3 is 6.18 Å². The van der Waals surface area contributed by atoms with Crippen LogP contribution in [0.1, 0.15) is 21.6 Å². The number of alkyl halides is 3. The van der Waals surface area contributed by atoms with Gasteiger partial charge in [-0.2, -0.15) is 13.2 Å². The first-order valence-electron chi connectivity index (χ1n) is 9.40. The number of rotatable bonds is 4. The second-order valence-electron chi connectivity index (χ2n) is 6.96. The summed E-state index contributed by atoms with van der Waals surface area (Å²) in [6.45, 7) is 0.294. The lowest BCUT2D eigenvalue weighted by atomic mass is 9.96. The highest BCUT2D eigenvalue weighted by molar-refractivity contribution is 9.10. The molecule has 156 valence electrons. The van der Waals surface area contributed by atoms with Crippen LogP contribution in [0.15, 0.2) is 83.5 Å². The maximum atomic E-state index is 12.8. The fourth-order valence-electron chi connectivity index (χ4n) is 3.33. The van der Waals surface area contributed by atoms with E-state index in [1.807, 2.05) is 36.4 Å². The number of aromatic nitrogens is 1. The third kappa shape index (κ3) is 4.77. The molecule has 3 aromatic carbocycles. The summed E-state index contributed by atoms with van der Waals surface area (Å²) < 4.78 is 39.4.